The summed E-state index contributed by atoms with van der Waals surface area (Å²) in [6.07, 6.45) is 0. The molecule has 0 saturated carbocycles. The molecule has 3 rings (SSSR count). The van der Waals surface area contributed by atoms with E-state index < -0.39 is 0 Å². The second kappa shape index (κ2) is 5.49. The predicted octanol–water partition coefficient (Wildman–Crippen LogP) is 4.74. The first-order chi connectivity index (χ1) is 10.1. The minimum absolute atomic E-state index is 0.272. The van der Waals surface area contributed by atoms with Crippen LogP contribution in [0, 0.1) is 13.8 Å². The zero-order valence-electron chi connectivity index (χ0n) is 12.3. The highest BCUT2D eigenvalue weighted by Gasteiger charge is 2.01. The lowest BCUT2D eigenvalue weighted by atomic mass is 10.1. The van der Waals surface area contributed by atoms with Crippen LogP contribution in [0.1, 0.15) is 16.7 Å². The zero-order chi connectivity index (χ0) is 14.8. The first-order valence-corrected chi connectivity index (χ1v) is 7.03. The summed E-state index contributed by atoms with van der Waals surface area (Å²) in [6.45, 7) is 4.76. The Hall–Kier alpha value is -2.48. The fourth-order valence-electron chi connectivity index (χ4n) is 2.36. The van der Waals surface area contributed by atoms with E-state index in [1.807, 2.05) is 24.3 Å². The van der Waals surface area contributed by atoms with E-state index in [2.05, 4.69) is 32.0 Å². The van der Waals surface area contributed by atoms with Crippen LogP contribution in [0.3, 0.4) is 0 Å². The van der Waals surface area contributed by atoms with Crippen molar-refractivity contribution in [1.29, 1.82) is 0 Å². The molecule has 106 valence electrons. The van der Waals surface area contributed by atoms with E-state index in [1.54, 1.807) is 12.1 Å². The van der Waals surface area contributed by atoms with Gasteiger partial charge in [0.1, 0.15) is 18.1 Å². The zero-order valence-corrected chi connectivity index (χ0v) is 12.3. The smallest absolute Gasteiger partial charge is 0.120 e. The standard InChI is InChI=1S/C19H18O2/c1-13-3-4-15(9-14(13)2)12-21-19-8-6-16-5-7-18(20)10-17(16)11-19/h3-11,20H,12H2,1-2H3. The van der Waals surface area contributed by atoms with Crippen molar-refractivity contribution in [3.8, 4) is 11.5 Å². The molecule has 2 heteroatoms. The van der Waals surface area contributed by atoms with Gasteiger partial charge in [-0.05, 0) is 65.6 Å². The normalized spacial score (nSPS) is 10.8. The average molecular weight is 278 g/mol. The highest BCUT2D eigenvalue weighted by atomic mass is 16.5. The fourth-order valence-corrected chi connectivity index (χ4v) is 2.36. The fraction of sp³-hybridized carbons (Fsp3) is 0.158. The number of fused-ring (bicyclic) bond motifs is 1. The number of hydrogen-bond acceptors (Lipinski definition) is 2. The van der Waals surface area contributed by atoms with Crippen LogP contribution in [0.25, 0.3) is 10.8 Å². The van der Waals surface area contributed by atoms with Crippen molar-refractivity contribution in [1.82, 2.24) is 0 Å². The van der Waals surface area contributed by atoms with E-state index in [0.717, 1.165) is 22.1 Å². The van der Waals surface area contributed by atoms with Crippen LogP contribution in [0.5, 0.6) is 11.5 Å². The van der Waals surface area contributed by atoms with Crippen LogP contribution in [0.4, 0.5) is 0 Å². The molecule has 3 aromatic carbocycles. The van der Waals surface area contributed by atoms with Crippen LogP contribution >= 0.6 is 0 Å². The summed E-state index contributed by atoms with van der Waals surface area (Å²) < 4.78 is 5.85. The van der Waals surface area contributed by atoms with Crippen LogP contribution < -0.4 is 4.74 Å². The minimum Gasteiger partial charge on any atom is -0.508 e. The van der Waals surface area contributed by atoms with Crippen molar-refractivity contribution in [3.63, 3.8) is 0 Å². The Morgan fingerprint density at radius 2 is 1.62 bits per heavy atom. The van der Waals surface area contributed by atoms with Gasteiger partial charge in [0, 0.05) is 0 Å². The van der Waals surface area contributed by atoms with Crippen molar-refractivity contribution in [3.05, 3.63) is 71.3 Å². The molecule has 0 heterocycles. The molecule has 2 nitrogen and oxygen atoms in total. The third-order valence-electron chi connectivity index (χ3n) is 3.77. The van der Waals surface area contributed by atoms with Gasteiger partial charge < -0.3 is 9.84 Å². The van der Waals surface area contributed by atoms with Gasteiger partial charge >= 0.3 is 0 Å². The Balaban J connectivity index is 1.79. The summed E-state index contributed by atoms with van der Waals surface area (Å²) in [7, 11) is 0. The molecule has 0 aliphatic heterocycles. The quantitative estimate of drug-likeness (QED) is 0.749. The van der Waals surface area contributed by atoms with E-state index in [1.165, 1.54) is 11.1 Å². The van der Waals surface area contributed by atoms with Gasteiger partial charge in [0.05, 0.1) is 0 Å². The highest BCUT2D eigenvalue weighted by Crippen LogP contribution is 2.25. The number of phenols is 1. The molecule has 3 aromatic rings. The van der Waals surface area contributed by atoms with Gasteiger partial charge in [-0.1, -0.05) is 30.3 Å². The lowest BCUT2D eigenvalue weighted by molar-refractivity contribution is 0.306. The van der Waals surface area contributed by atoms with Gasteiger partial charge in [0.2, 0.25) is 0 Å². The molecular weight excluding hydrogens is 260 g/mol. The molecule has 0 aliphatic rings. The van der Waals surface area contributed by atoms with Gasteiger partial charge in [0.15, 0.2) is 0 Å². The Labute approximate surface area is 124 Å². The van der Waals surface area contributed by atoms with Crippen molar-refractivity contribution in [2.75, 3.05) is 0 Å². The summed E-state index contributed by atoms with van der Waals surface area (Å²) in [5.74, 6) is 1.08. The molecule has 0 atom stereocenters. The summed E-state index contributed by atoms with van der Waals surface area (Å²) in [6, 6.07) is 17.6. The number of aryl methyl sites for hydroxylation is 2. The molecule has 0 aromatic heterocycles. The van der Waals surface area contributed by atoms with Crippen molar-refractivity contribution >= 4 is 10.8 Å². The molecule has 0 fully saturated rings. The highest BCUT2D eigenvalue weighted by molar-refractivity contribution is 5.85. The van der Waals surface area contributed by atoms with Crippen LogP contribution in [-0.4, -0.2) is 5.11 Å². The van der Waals surface area contributed by atoms with E-state index in [-0.39, 0.29) is 5.75 Å². The Bertz CT molecular complexity index is 791. The second-order valence-corrected chi connectivity index (χ2v) is 5.40. The summed E-state index contributed by atoms with van der Waals surface area (Å²) in [5.41, 5.74) is 3.73. The number of hydrogen-bond donors (Lipinski definition) is 1. The monoisotopic (exact) mass is 278 g/mol. The molecule has 0 spiro atoms. The van der Waals surface area contributed by atoms with E-state index in [4.69, 9.17) is 4.74 Å². The largest absolute Gasteiger partial charge is 0.508 e. The summed E-state index contributed by atoms with van der Waals surface area (Å²) in [4.78, 5) is 0. The lowest BCUT2D eigenvalue weighted by Crippen LogP contribution is -1.96. The van der Waals surface area contributed by atoms with Gasteiger partial charge in [-0.25, -0.2) is 0 Å². The molecule has 0 saturated heterocycles. The molecule has 0 bridgehead atoms. The second-order valence-electron chi connectivity index (χ2n) is 5.40. The molecule has 0 radical (unpaired) electrons. The van der Waals surface area contributed by atoms with Gasteiger partial charge in [-0.15, -0.1) is 0 Å². The van der Waals surface area contributed by atoms with Crippen molar-refractivity contribution in [2.24, 2.45) is 0 Å². The van der Waals surface area contributed by atoms with Crippen LogP contribution in [0.2, 0.25) is 0 Å². The number of ether oxygens (including phenoxy) is 1. The maximum atomic E-state index is 9.54. The van der Waals surface area contributed by atoms with Crippen molar-refractivity contribution < 1.29 is 9.84 Å². The third-order valence-corrected chi connectivity index (χ3v) is 3.77. The molecule has 0 unspecified atom stereocenters. The number of benzene rings is 3. The van der Waals surface area contributed by atoms with Gasteiger partial charge in [0.25, 0.3) is 0 Å². The number of phenolic OH excluding ortho intramolecular Hbond substituents is 1. The Morgan fingerprint density at radius 3 is 2.43 bits per heavy atom. The molecule has 1 N–H and O–H groups in total. The van der Waals surface area contributed by atoms with Gasteiger partial charge in [-0.3, -0.25) is 0 Å². The van der Waals surface area contributed by atoms with E-state index in [0.29, 0.717) is 6.61 Å². The average Bonchev–Trinajstić information content (AvgIpc) is 2.48. The number of rotatable bonds is 3. The maximum Gasteiger partial charge on any atom is 0.120 e. The molecule has 21 heavy (non-hydrogen) atoms. The minimum atomic E-state index is 0.272. The summed E-state index contributed by atoms with van der Waals surface area (Å²) >= 11 is 0. The predicted molar refractivity (Wildman–Crippen MR) is 85.9 cm³/mol. The third kappa shape index (κ3) is 3.00. The SMILES string of the molecule is Cc1ccc(COc2ccc3ccc(O)cc3c2)cc1C. The Morgan fingerprint density at radius 1 is 0.810 bits per heavy atom. The molecule has 0 amide bonds. The van der Waals surface area contributed by atoms with E-state index in [9.17, 15) is 5.11 Å². The van der Waals surface area contributed by atoms with Crippen molar-refractivity contribution in [2.45, 2.75) is 20.5 Å². The number of aromatic hydroxyl groups is 1. The van der Waals surface area contributed by atoms with Gasteiger partial charge in [-0.2, -0.15) is 0 Å². The maximum absolute atomic E-state index is 9.54. The lowest BCUT2D eigenvalue weighted by Gasteiger charge is -2.09. The van der Waals surface area contributed by atoms with Crippen LogP contribution in [-0.2, 0) is 6.61 Å². The first-order valence-electron chi connectivity index (χ1n) is 7.03. The molecular formula is C19H18O2. The summed E-state index contributed by atoms with van der Waals surface area (Å²) in [5, 5.41) is 11.6. The first kappa shape index (κ1) is 13.5. The molecule has 0 aliphatic carbocycles. The topological polar surface area (TPSA) is 29.5 Å². The van der Waals surface area contributed by atoms with E-state index >= 15 is 0 Å². The Kier molecular flexibility index (Phi) is 3.53. The van der Waals surface area contributed by atoms with Crippen LogP contribution in [0.15, 0.2) is 54.6 Å².